The third-order valence-electron chi connectivity index (χ3n) is 3.66. The summed E-state index contributed by atoms with van der Waals surface area (Å²) in [7, 11) is 1.67. The monoisotopic (exact) mass is 375 g/mol. The molecule has 2 heterocycles. The minimum absolute atomic E-state index is 0.189. The van der Waals surface area contributed by atoms with E-state index in [1.807, 2.05) is 6.07 Å². The zero-order valence-corrected chi connectivity index (χ0v) is 14.9. The van der Waals surface area contributed by atoms with Crippen molar-refractivity contribution in [2.24, 2.45) is 0 Å². The first kappa shape index (κ1) is 17.4. The highest BCUT2D eigenvalue weighted by molar-refractivity contribution is 7.19. The van der Waals surface area contributed by atoms with Crippen molar-refractivity contribution in [1.82, 2.24) is 9.88 Å². The molecule has 3 aromatic rings. The van der Waals surface area contributed by atoms with E-state index in [0.29, 0.717) is 22.8 Å². The van der Waals surface area contributed by atoms with Crippen molar-refractivity contribution in [2.45, 2.75) is 6.54 Å². The molecule has 0 radical (unpaired) electrons. The van der Waals surface area contributed by atoms with E-state index in [0.717, 1.165) is 15.1 Å². The van der Waals surface area contributed by atoms with Crippen LogP contribution in [0.3, 0.4) is 0 Å². The van der Waals surface area contributed by atoms with Gasteiger partial charge in [-0.3, -0.25) is 4.79 Å². The molecule has 0 aliphatic heterocycles. The van der Waals surface area contributed by atoms with E-state index in [2.05, 4.69) is 4.98 Å². The van der Waals surface area contributed by atoms with Gasteiger partial charge in [0.25, 0.3) is 0 Å². The molecule has 0 saturated heterocycles. The molecule has 0 saturated carbocycles. The van der Waals surface area contributed by atoms with Crippen LogP contribution in [0.1, 0.15) is 10.4 Å². The number of hydrogen-bond acceptors (Lipinski definition) is 4. The number of carbonyl (C=O) groups excluding carboxylic acids is 1. The molecule has 0 unspecified atom stereocenters. The smallest absolute Gasteiger partial charge is 0.246 e. The molecule has 0 spiro atoms. The number of anilines is 1. The Balaban J connectivity index is 1.74. The summed E-state index contributed by atoms with van der Waals surface area (Å²) < 4.78 is 14.7. The maximum Gasteiger partial charge on any atom is 0.246 e. The molecule has 2 aromatic heterocycles. The van der Waals surface area contributed by atoms with Crippen LogP contribution in [0.5, 0.6) is 0 Å². The Morgan fingerprint density at radius 2 is 2.20 bits per heavy atom. The van der Waals surface area contributed by atoms with E-state index in [1.54, 1.807) is 37.5 Å². The number of rotatable bonds is 4. The Morgan fingerprint density at radius 1 is 1.40 bits per heavy atom. The molecule has 0 bridgehead atoms. The van der Waals surface area contributed by atoms with Gasteiger partial charge in [-0.15, -0.1) is 11.3 Å². The molecule has 2 N–H and O–H groups in total. The first-order valence-corrected chi connectivity index (χ1v) is 8.65. The number of benzene rings is 1. The molecule has 7 heteroatoms. The molecule has 1 aromatic carbocycles. The van der Waals surface area contributed by atoms with Crippen LogP contribution in [0.15, 0.2) is 42.6 Å². The Hall–Kier alpha value is -2.44. The molecule has 0 atom stereocenters. The number of nitrogen functional groups attached to an aromatic ring is 1. The number of hydrogen-bond donors (Lipinski definition) is 1. The van der Waals surface area contributed by atoms with Gasteiger partial charge in [-0.25, -0.2) is 9.37 Å². The number of halogens is 2. The Bertz CT molecular complexity index is 953. The fraction of sp³-hybridized carbons (Fsp3) is 0.111. The van der Waals surface area contributed by atoms with Crippen molar-refractivity contribution >= 4 is 50.8 Å². The van der Waals surface area contributed by atoms with Gasteiger partial charge < -0.3 is 10.6 Å². The first-order chi connectivity index (χ1) is 12.0. The Labute approximate surface area is 153 Å². The van der Waals surface area contributed by atoms with Crippen LogP contribution in [0, 0.1) is 5.82 Å². The largest absolute Gasteiger partial charge is 0.384 e. The van der Waals surface area contributed by atoms with E-state index in [4.69, 9.17) is 17.3 Å². The summed E-state index contributed by atoms with van der Waals surface area (Å²) in [4.78, 5) is 18.5. The fourth-order valence-corrected chi connectivity index (χ4v) is 3.91. The van der Waals surface area contributed by atoms with Gasteiger partial charge >= 0.3 is 0 Å². The first-order valence-electron chi connectivity index (χ1n) is 7.46. The predicted octanol–water partition coefficient (Wildman–Crippen LogP) is 4.34. The normalized spacial score (nSPS) is 11.3. The molecule has 0 aliphatic rings. The molecular weight excluding hydrogens is 361 g/mol. The Kier molecular flexibility index (Phi) is 5.01. The maximum absolute atomic E-state index is 13.9. The van der Waals surface area contributed by atoms with Crippen LogP contribution in [-0.2, 0) is 11.3 Å². The lowest BCUT2D eigenvalue weighted by molar-refractivity contribution is -0.125. The molecule has 128 valence electrons. The Morgan fingerprint density at radius 3 is 2.88 bits per heavy atom. The van der Waals surface area contributed by atoms with Crippen LogP contribution in [-0.4, -0.2) is 22.8 Å². The second kappa shape index (κ2) is 7.21. The number of thiophene rings is 1. The molecule has 0 fully saturated rings. The zero-order valence-electron chi connectivity index (χ0n) is 13.4. The van der Waals surface area contributed by atoms with Crippen LogP contribution >= 0.6 is 22.9 Å². The van der Waals surface area contributed by atoms with E-state index in [-0.39, 0.29) is 11.7 Å². The van der Waals surface area contributed by atoms with Gasteiger partial charge in [0.15, 0.2) is 0 Å². The third kappa shape index (κ3) is 3.81. The van der Waals surface area contributed by atoms with Crippen molar-refractivity contribution < 1.29 is 9.18 Å². The van der Waals surface area contributed by atoms with Gasteiger partial charge in [0.05, 0.1) is 11.6 Å². The van der Waals surface area contributed by atoms with Crippen molar-refractivity contribution in [2.75, 3.05) is 12.8 Å². The van der Waals surface area contributed by atoms with Crippen LogP contribution in [0.4, 0.5) is 10.2 Å². The molecule has 3 rings (SSSR count). The summed E-state index contributed by atoms with van der Waals surface area (Å²) >= 11 is 7.68. The molecule has 0 aliphatic carbocycles. The summed E-state index contributed by atoms with van der Waals surface area (Å²) in [5, 5.41) is 0.776. The van der Waals surface area contributed by atoms with E-state index in [1.165, 1.54) is 28.4 Å². The van der Waals surface area contributed by atoms with Crippen LogP contribution in [0.2, 0.25) is 5.02 Å². The fourth-order valence-electron chi connectivity index (χ4n) is 2.32. The molecule has 25 heavy (non-hydrogen) atoms. The van der Waals surface area contributed by atoms with Crippen LogP contribution in [0.25, 0.3) is 16.2 Å². The highest BCUT2D eigenvalue weighted by atomic mass is 35.5. The predicted molar refractivity (Wildman–Crippen MR) is 101 cm³/mol. The van der Waals surface area contributed by atoms with E-state index in [9.17, 15) is 9.18 Å². The van der Waals surface area contributed by atoms with Crippen LogP contribution < -0.4 is 5.73 Å². The lowest BCUT2D eigenvalue weighted by Crippen LogP contribution is -2.23. The van der Waals surface area contributed by atoms with Crippen molar-refractivity contribution in [3.63, 3.8) is 0 Å². The lowest BCUT2D eigenvalue weighted by Gasteiger charge is -2.14. The van der Waals surface area contributed by atoms with Gasteiger partial charge in [-0.1, -0.05) is 17.7 Å². The standard InChI is InChI=1S/C18H15ClFN3OS/c1-23(16(24)8-6-11-5-7-15(21)22-9-11)10-14-18(19)17-12(20)3-2-4-13(17)25-14/h2-9H,10H2,1H3,(H2,21,22). The third-order valence-corrected chi connectivity index (χ3v) is 5.33. The highest BCUT2D eigenvalue weighted by Gasteiger charge is 2.16. The number of pyridine rings is 1. The average Bonchev–Trinajstić information content (AvgIpc) is 2.91. The minimum Gasteiger partial charge on any atom is -0.384 e. The number of carbonyl (C=O) groups is 1. The highest BCUT2D eigenvalue weighted by Crippen LogP contribution is 2.37. The van der Waals surface area contributed by atoms with E-state index < -0.39 is 0 Å². The molecule has 1 amide bonds. The van der Waals surface area contributed by atoms with Gasteiger partial charge in [-0.05, 0) is 35.9 Å². The van der Waals surface area contributed by atoms with Crippen molar-refractivity contribution in [3.05, 3.63) is 63.9 Å². The van der Waals surface area contributed by atoms with Crippen molar-refractivity contribution in [1.29, 1.82) is 0 Å². The minimum atomic E-state index is -0.352. The number of nitrogens with zero attached hydrogens (tertiary/aromatic N) is 2. The number of likely N-dealkylation sites (N-methyl/N-ethyl adjacent to an activating group) is 1. The number of fused-ring (bicyclic) bond motifs is 1. The number of aromatic nitrogens is 1. The second-order valence-electron chi connectivity index (χ2n) is 5.50. The maximum atomic E-state index is 13.9. The van der Waals surface area contributed by atoms with Gasteiger partial charge in [0.1, 0.15) is 11.6 Å². The van der Waals surface area contributed by atoms with E-state index >= 15 is 0 Å². The summed E-state index contributed by atoms with van der Waals surface area (Å²) in [6.07, 6.45) is 4.71. The molecular formula is C18H15ClFN3OS. The topological polar surface area (TPSA) is 59.2 Å². The van der Waals surface area contributed by atoms with Gasteiger partial charge in [0, 0.05) is 34.3 Å². The van der Waals surface area contributed by atoms with Gasteiger partial charge in [-0.2, -0.15) is 0 Å². The summed E-state index contributed by atoms with van der Waals surface area (Å²) in [6.45, 7) is 0.306. The summed E-state index contributed by atoms with van der Waals surface area (Å²) in [6, 6.07) is 8.28. The number of amides is 1. The zero-order chi connectivity index (χ0) is 18.0. The summed E-state index contributed by atoms with van der Waals surface area (Å²) in [5.74, 6) is -0.118. The molecule has 4 nitrogen and oxygen atoms in total. The van der Waals surface area contributed by atoms with Crippen molar-refractivity contribution in [3.8, 4) is 0 Å². The lowest BCUT2D eigenvalue weighted by atomic mass is 10.2. The second-order valence-corrected chi connectivity index (χ2v) is 7.01. The number of nitrogens with two attached hydrogens (primary N) is 1. The average molecular weight is 376 g/mol. The van der Waals surface area contributed by atoms with Gasteiger partial charge in [0.2, 0.25) is 5.91 Å². The SMILES string of the molecule is CN(Cc1sc2cccc(F)c2c1Cl)C(=O)C=Cc1ccc(N)nc1. The quantitative estimate of drug-likeness (QED) is 0.690. The summed E-state index contributed by atoms with van der Waals surface area (Å²) in [5.41, 5.74) is 6.30.